The van der Waals surface area contributed by atoms with Crippen molar-refractivity contribution in [1.82, 2.24) is 0 Å². The molecule has 10 atom stereocenters. The number of nitrogens with zero attached hydrogens (tertiary/aromatic N) is 2. The van der Waals surface area contributed by atoms with Crippen LogP contribution in [0.1, 0.15) is 51.5 Å². The number of unbranched alkanes of at least 4 members (excludes halogenated alkanes) is 1. The first-order valence-electron chi connectivity index (χ1n) is 11.6. The third kappa shape index (κ3) is 1.61. The lowest BCUT2D eigenvalue weighted by atomic mass is 9.60. The molecule has 5 bridgehead atoms. The molecule has 1 aromatic carbocycles. The Hall–Kier alpha value is -1.10. The number of anilines is 1. The van der Waals surface area contributed by atoms with Crippen LogP contribution in [0, 0.1) is 17.8 Å². The van der Waals surface area contributed by atoms with Gasteiger partial charge >= 0.3 is 0 Å². The van der Waals surface area contributed by atoms with Crippen molar-refractivity contribution in [2.24, 2.45) is 17.8 Å². The van der Waals surface area contributed by atoms with E-state index in [9.17, 15) is 10.2 Å². The van der Waals surface area contributed by atoms with Crippen molar-refractivity contribution in [3.05, 3.63) is 29.8 Å². The first-order valence-corrected chi connectivity index (χ1v) is 11.6. The van der Waals surface area contributed by atoms with Crippen LogP contribution >= 0.6 is 0 Å². The van der Waals surface area contributed by atoms with E-state index in [1.807, 2.05) is 0 Å². The summed E-state index contributed by atoms with van der Waals surface area (Å²) in [6.45, 7) is 5.59. The fourth-order valence-corrected chi connectivity index (χ4v) is 9.27. The van der Waals surface area contributed by atoms with E-state index >= 15 is 0 Å². The zero-order valence-electron chi connectivity index (χ0n) is 17.5. The molecule has 4 saturated heterocycles. The van der Waals surface area contributed by atoms with Gasteiger partial charge in [0, 0.05) is 37.4 Å². The molecule has 1 aliphatic carbocycles. The lowest BCUT2D eigenvalue weighted by Crippen LogP contribution is -2.83. The minimum atomic E-state index is -0.272. The van der Waals surface area contributed by atoms with Gasteiger partial charge in [-0.2, -0.15) is 0 Å². The van der Waals surface area contributed by atoms with E-state index in [4.69, 9.17) is 0 Å². The molecule has 5 aliphatic heterocycles. The van der Waals surface area contributed by atoms with Gasteiger partial charge in [0.2, 0.25) is 0 Å². The molecule has 2 N–H and O–H groups in total. The van der Waals surface area contributed by atoms with Crippen molar-refractivity contribution in [1.29, 1.82) is 0 Å². The summed E-state index contributed by atoms with van der Waals surface area (Å²) in [5.74, 6) is 1.18. The van der Waals surface area contributed by atoms with Gasteiger partial charge in [-0.25, -0.2) is 0 Å². The highest BCUT2D eigenvalue weighted by Crippen LogP contribution is 2.71. The van der Waals surface area contributed by atoms with Gasteiger partial charge in [-0.15, -0.1) is 0 Å². The van der Waals surface area contributed by atoms with Crippen LogP contribution in [0.4, 0.5) is 5.69 Å². The fraction of sp³-hybridized carbons (Fsp3) is 0.750. The molecule has 28 heavy (non-hydrogen) atoms. The summed E-state index contributed by atoms with van der Waals surface area (Å²) in [5, 5.41) is 23.7. The maximum Gasteiger partial charge on any atom is 0.194 e. The Bertz CT molecular complexity index is 814. The van der Waals surface area contributed by atoms with Crippen LogP contribution in [0.25, 0.3) is 0 Å². The van der Waals surface area contributed by atoms with Crippen molar-refractivity contribution < 1.29 is 14.7 Å². The van der Waals surface area contributed by atoms with Gasteiger partial charge in [-0.1, -0.05) is 38.5 Å². The highest BCUT2D eigenvalue weighted by Gasteiger charge is 2.82. The van der Waals surface area contributed by atoms with Gasteiger partial charge in [0.05, 0.1) is 30.1 Å². The van der Waals surface area contributed by atoms with E-state index < -0.39 is 0 Å². The number of hydrogen-bond acceptors (Lipinski definition) is 3. The Morgan fingerprint density at radius 1 is 1.18 bits per heavy atom. The average Bonchev–Trinajstić information content (AvgIpc) is 3.09. The molecule has 1 aromatic rings. The second kappa shape index (κ2) is 5.53. The Balaban J connectivity index is 1.59. The van der Waals surface area contributed by atoms with Crippen LogP contribution in [0.15, 0.2) is 24.3 Å². The molecule has 0 radical (unpaired) electrons. The van der Waals surface area contributed by atoms with Gasteiger partial charge in [0.25, 0.3) is 0 Å². The number of rotatable bonds is 4. The molecule has 0 aromatic heterocycles. The zero-order chi connectivity index (χ0) is 19.4. The average molecular weight is 384 g/mol. The molecule has 1 spiro atoms. The zero-order valence-corrected chi connectivity index (χ0v) is 17.5. The van der Waals surface area contributed by atoms with Crippen LogP contribution in [0.2, 0.25) is 0 Å². The third-order valence-corrected chi connectivity index (χ3v) is 10.0. The summed E-state index contributed by atoms with van der Waals surface area (Å²) in [6.07, 6.45) is 5.09. The minimum absolute atomic E-state index is 0.129. The van der Waals surface area contributed by atoms with Gasteiger partial charge in [-0.3, -0.25) is 4.48 Å². The van der Waals surface area contributed by atoms with Gasteiger partial charge < -0.3 is 15.1 Å². The highest BCUT2D eigenvalue weighted by atomic mass is 16.3. The molecular weight excluding hydrogens is 348 g/mol. The number of hydrogen-bond donors (Lipinski definition) is 2. The van der Waals surface area contributed by atoms with Crippen LogP contribution in [-0.2, 0) is 5.41 Å². The van der Waals surface area contributed by atoms with Crippen molar-refractivity contribution in [3.8, 4) is 0 Å². The first-order chi connectivity index (χ1) is 13.5. The van der Waals surface area contributed by atoms with E-state index in [1.165, 1.54) is 30.5 Å². The third-order valence-electron chi connectivity index (χ3n) is 10.0. The first kappa shape index (κ1) is 17.7. The predicted molar refractivity (Wildman–Crippen MR) is 110 cm³/mol. The molecule has 4 heteroatoms. The molecule has 4 nitrogen and oxygen atoms in total. The lowest BCUT2D eigenvalue weighted by molar-refractivity contribution is -1.04. The van der Waals surface area contributed by atoms with E-state index in [0.717, 1.165) is 23.9 Å². The Morgan fingerprint density at radius 2 is 1.96 bits per heavy atom. The maximum absolute atomic E-state index is 12.0. The Morgan fingerprint density at radius 3 is 2.71 bits per heavy atom. The number of para-hydroxylation sites is 1. The maximum atomic E-state index is 12.0. The van der Waals surface area contributed by atoms with Crippen molar-refractivity contribution >= 4 is 5.69 Å². The summed E-state index contributed by atoms with van der Waals surface area (Å²) in [4.78, 5) is 2.49. The SMILES string of the molecule is CCCC[N+]12C3C[C@@H](C(CC)[C@H]1O)C1[C@H](O)C4(C[C@@H]12)c1ccccc1N(C)C34. The summed E-state index contributed by atoms with van der Waals surface area (Å²) in [5.41, 5.74) is 2.56. The molecule has 1 saturated carbocycles. The lowest BCUT2D eigenvalue weighted by Gasteiger charge is -2.68. The van der Waals surface area contributed by atoms with Crippen molar-refractivity contribution in [3.63, 3.8) is 0 Å². The number of aliphatic hydroxyl groups excluding tert-OH is 2. The highest BCUT2D eigenvalue weighted by molar-refractivity contribution is 5.66. The number of likely N-dealkylation sites (N-methyl/N-ethyl adjacent to an activating group) is 1. The van der Waals surface area contributed by atoms with Gasteiger partial charge in [0.15, 0.2) is 6.23 Å². The molecule has 7 rings (SSSR count). The number of piperidine rings is 4. The number of benzene rings is 1. The molecule has 0 amide bonds. The fourth-order valence-electron chi connectivity index (χ4n) is 9.27. The van der Waals surface area contributed by atoms with Crippen LogP contribution < -0.4 is 4.90 Å². The molecular formula is C24H35N2O2+. The van der Waals surface area contributed by atoms with Gasteiger partial charge in [-0.05, 0) is 30.4 Å². The van der Waals surface area contributed by atoms with E-state index in [0.29, 0.717) is 35.9 Å². The van der Waals surface area contributed by atoms with E-state index in [1.54, 1.807) is 0 Å². The monoisotopic (exact) mass is 383 g/mol. The minimum Gasteiger partial charge on any atom is -0.392 e. The molecule has 5 heterocycles. The van der Waals surface area contributed by atoms with Crippen LogP contribution in [-0.4, -0.2) is 58.7 Å². The molecule has 6 unspecified atom stereocenters. The molecule has 5 fully saturated rings. The topological polar surface area (TPSA) is 43.7 Å². The van der Waals surface area contributed by atoms with Crippen molar-refractivity contribution in [2.45, 2.75) is 81.8 Å². The normalized spacial score (nSPS) is 52.2. The van der Waals surface area contributed by atoms with E-state index in [-0.39, 0.29) is 17.7 Å². The van der Waals surface area contributed by atoms with E-state index in [2.05, 4.69) is 50.1 Å². The molecule has 152 valence electrons. The second-order valence-corrected chi connectivity index (χ2v) is 10.4. The summed E-state index contributed by atoms with van der Waals surface area (Å²) in [7, 11) is 2.24. The number of fused-ring (bicyclic) bond motifs is 2. The number of aliphatic hydroxyl groups is 2. The van der Waals surface area contributed by atoms with Crippen LogP contribution in [0.3, 0.4) is 0 Å². The second-order valence-electron chi connectivity index (χ2n) is 10.4. The van der Waals surface area contributed by atoms with Crippen molar-refractivity contribution in [2.75, 3.05) is 18.5 Å². The summed E-state index contributed by atoms with van der Waals surface area (Å²) < 4.78 is 0.884. The quantitative estimate of drug-likeness (QED) is 0.786. The smallest absolute Gasteiger partial charge is 0.194 e. The molecule has 6 aliphatic rings. The van der Waals surface area contributed by atoms with Gasteiger partial charge in [0.1, 0.15) is 6.04 Å². The Labute approximate surface area is 168 Å². The van der Waals surface area contributed by atoms with Crippen LogP contribution in [0.5, 0.6) is 0 Å². The Kier molecular flexibility index (Phi) is 3.50. The predicted octanol–water partition coefficient (Wildman–Crippen LogP) is 2.87. The summed E-state index contributed by atoms with van der Waals surface area (Å²) >= 11 is 0. The summed E-state index contributed by atoms with van der Waals surface area (Å²) in [6, 6.07) is 10.00. The standard InChI is InChI=1S/C24H35N2O2/c1-4-6-11-26-18-12-15(14(5-2)23(26)28)20-19(26)13-24(22(20)27)16-9-7-8-10-17(16)25(3)21(18)24/h7-10,14-15,18-23,27-28H,4-6,11-13H2,1-3H3/q+1/t14?,15-,18?,19-,20?,21?,22-,23+,24?,26?/m0/s1. The largest absolute Gasteiger partial charge is 0.392 e. The number of quaternary nitrogens is 1.